The maximum absolute atomic E-state index is 10.9. The molecule has 0 bridgehead atoms. The first-order valence-corrected chi connectivity index (χ1v) is 6.34. The minimum atomic E-state index is -0.411. The summed E-state index contributed by atoms with van der Waals surface area (Å²) in [7, 11) is 3.46. The maximum atomic E-state index is 10.9. The maximum Gasteiger partial charge on any atom is 0.269 e. The van der Waals surface area contributed by atoms with Gasteiger partial charge in [-0.2, -0.15) is 0 Å². The van der Waals surface area contributed by atoms with E-state index in [1.165, 1.54) is 12.1 Å². The van der Waals surface area contributed by atoms with Crippen molar-refractivity contribution in [3.63, 3.8) is 0 Å². The molecule has 21 heavy (non-hydrogen) atoms. The first-order chi connectivity index (χ1) is 10.1. The lowest BCUT2D eigenvalue weighted by Crippen LogP contribution is -2.19. The molecule has 0 N–H and O–H groups in total. The molecule has 0 fully saturated rings. The van der Waals surface area contributed by atoms with E-state index in [0.717, 1.165) is 16.9 Å². The van der Waals surface area contributed by atoms with E-state index in [2.05, 4.69) is 9.97 Å². The number of rotatable bonds is 6. The molecule has 1 heterocycles. The van der Waals surface area contributed by atoms with Gasteiger partial charge in [0.25, 0.3) is 5.69 Å². The summed E-state index contributed by atoms with van der Waals surface area (Å²) in [5.41, 5.74) is 2.51. The van der Waals surface area contributed by atoms with Crippen LogP contribution >= 0.6 is 0 Å². The van der Waals surface area contributed by atoms with E-state index in [0.29, 0.717) is 13.2 Å². The Bertz CT molecular complexity index is 619. The van der Waals surface area contributed by atoms with Gasteiger partial charge in [-0.3, -0.25) is 20.1 Å². The Morgan fingerprint density at radius 2 is 2.19 bits per heavy atom. The molecule has 2 aromatic rings. The van der Waals surface area contributed by atoms with Crippen LogP contribution in [0.2, 0.25) is 0 Å². The van der Waals surface area contributed by atoms with Crippen LogP contribution in [-0.2, 0) is 17.9 Å². The molecule has 0 aliphatic heterocycles. The Hall–Kier alpha value is -2.54. The third-order valence-electron chi connectivity index (χ3n) is 3.00. The molecule has 1 aromatic heterocycles. The Kier molecular flexibility index (Phi) is 4.78. The van der Waals surface area contributed by atoms with Crippen LogP contribution in [0.15, 0.2) is 36.8 Å². The summed E-state index contributed by atoms with van der Waals surface area (Å²) in [5.74, 6) is 0. The van der Waals surface area contributed by atoms with E-state index in [1.54, 1.807) is 31.8 Å². The summed E-state index contributed by atoms with van der Waals surface area (Å²) in [6, 6.07) is 4.75. The van der Waals surface area contributed by atoms with Gasteiger partial charge < -0.3 is 9.64 Å². The van der Waals surface area contributed by atoms with E-state index >= 15 is 0 Å². The van der Waals surface area contributed by atoms with Crippen molar-refractivity contribution in [2.24, 2.45) is 0 Å². The van der Waals surface area contributed by atoms with Gasteiger partial charge in [-0.25, -0.2) is 0 Å². The molecule has 7 nitrogen and oxygen atoms in total. The average molecular weight is 288 g/mol. The van der Waals surface area contributed by atoms with E-state index < -0.39 is 4.92 Å². The lowest BCUT2D eigenvalue weighted by atomic mass is 10.1. The fraction of sp³-hybridized carbons (Fsp3) is 0.286. The number of non-ortho nitro benzene ring substituents is 1. The fourth-order valence-corrected chi connectivity index (χ4v) is 2.07. The van der Waals surface area contributed by atoms with Crippen LogP contribution in [0.25, 0.3) is 0 Å². The number of ether oxygens (including phenoxy) is 1. The number of methoxy groups -OCH3 is 1. The van der Waals surface area contributed by atoms with Gasteiger partial charge >= 0.3 is 0 Å². The van der Waals surface area contributed by atoms with Crippen molar-refractivity contribution in [1.82, 2.24) is 9.97 Å². The largest absolute Gasteiger partial charge is 0.380 e. The van der Waals surface area contributed by atoms with E-state index in [4.69, 9.17) is 4.74 Å². The highest BCUT2D eigenvalue weighted by atomic mass is 16.6. The first kappa shape index (κ1) is 14.9. The highest BCUT2D eigenvalue weighted by molar-refractivity contribution is 5.57. The monoisotopic (exact) mass is 288 g/mol. The highest BCUT2D eigenvalue weighted by Crippen LogP contribution is 2.26. The number of hydrogen-bond acceptors (Lipinski definition) is 6. The quantitative estimate of drug-likeness (QED) is 0.598. The number of aromatic nitrogens is 2. The summed E-state index contributed by atoms with van der Waals surface area (Å²) in [6.07, 6.45) is 4.94. The van der Waals surface area contributed by atoms with Crippen molar-refractivity contribution in [3.05, 3.63) is 58.2 Å². The third kappa shape index (κ3) is 3.73. The van der Waals surface area contributed by atoms with Gasteiger partial charge in [-0.05, 0) is 6.07 Å². The Labute approximate surface area is 122 Å². The number of anilines is 1. The molecule has 2 rings (SSSR count). The van der Waals surface area contributed by atoms with Gasteiger partial charge in [0.15, 0.2) is 0 Å². The Morgan fingerprint density at radius 3 is 2.81 bits per heavy atom. The molecule has 0 atom stereocenters. The van der Waals surface area contributed by atoms with Crippen molar-refractivity contribution in [1.29, 1.82) is 0 Å². The fourth-order valence-electron chi connectivity index (χ4n) is 2.07. The first-order valence-electron chi connectivity index (χ1n) is 6.34. The summed E-state index contributed by atoms with van der Waals surface area (Å²) >= 11 is 0. The van der Waals surface area contributed by atoms with Crippen LogP contribution in [-0.4, -0.2) is 29.0 Å². The molecule has 0 saturated heterocycles. The zero-order chi connectivity index (χ0) is 15.2. The highest BCUT2D eigenvalue weighted by Gasteiger charge is 2.14. The van der Waals surface area contributed by atoms with Crippen LogP contribution in [0, 0.1) is 10.1 Å². The van der Waals surface area contributed by atoms with Gasteiger partial charge in [0, 0.05) is 49.9 Å². The van der Waals surface area contributed by atoms with Crippen LogP contribution in [0.5, 0.6) is 0 Å². The lowest BCUT2D eigenvalue weighted by Gasteiger charge is -2.21. The zero-order valence-electron chi connectivity index (χ0n) is 11.9. The van der Waals surface area contributed by atoms with Gasteiger partial charge in [0.2, 0.25) is 0 Å². The Balaban J connectivity index is 2.27. The van der Waals surface area contributed by atoms with Crippen LogP contribution < -0.4 is 4.90 Å². The molecule has 0 radical (unpaired) electrons. The van der Waals surface area contributed by atoms with Crippen molar-refractivity contribution in [2.75, 3.05) is 19.1 Å². The molecule has 0 aliphatic rings. The smallest absolute Gasteiger partial charge is 0.269 e. The van der Waals surface area contributed by atoms with E-state index in [-0.39, 0.29) is 5.69 Å². The van der Waals surface area contributed by atoms with Crippen LogP contribution in [0.1, 0.15) is 11.3 Å². The standard InChI is InChI=1S/C14H16N4O3/c1-17(9-12-8-15-5-6-16-12)14-4-3-13(18(19)20)7-11(14)10-21-2/h3-8H,9-10H2,1-2H3. The van der Waals surface area contributed by atoms with Gasteiger partial charge in [-0.1, -0.05) is 0 Å². The normalized spacial score (nSPS) is 10.4. The molecule has 0 unspecified atom stereocenters. The number of hydrogen-bond donors (Lipinski definition) is 0. The second-order valence-corrected chi connectivity index (χ2v) is 4.56. The van der Waals surface area contributed by atoms with Crippen molar-refractivity contribution in [2.45, 2.75) is 13.2 Å². The van der Waals surface area contributed by atoms with Gasteiger partial charge in [0.1, 0.15) is 0 Å². The second-order valence-electron chi connectivity index (χ2n) is 4.56. The van der Waals surface area contributed by atoms with Gasteiger partial charge in [0.05, 0.1) is 30.0 Å². The Morgan fingerprint density at radius 1 is 1.38 bits per heavy atom. The van der Waals surface area contributed by atoms with Crippen molar-refractivity contribution < 1.29 is 9.66 Å². The number of nitro groups is 1. The number of benzene rings is 1. The molecule has 0 amide bonds. The number of nitro benzene ring substituents is 1. The molecule has 110 valence electrons. The summed E-state index contributed by atoms with van der Waals surface area (Å²) < 4.78 is 5.13. The summed E-state index contributed by atoms with van der Waals surface area (Å²) in [6.45, 7) is 0.865. The molecular formula is C14H16N4O3. The third-order valence-corrected chi connectivity index (χ3v) is 3.00. The summed E-state index contributed by atoms with van der Waals surface area (Å²) in [4.78, 5) is 20.7. The number of nitrogens with zero attached hydrogens (tertiary/aromatic N) is 4. The van der Waals surface area contributed by atoms with Gasteiger partial charge in [-0.15, -0.1) is 0 Å². The van der Waals surface area contributed by atoms with E-state index in [9.17, 15) is 10.1 Å². The summed E-state index contributed by atoms with van der Waals surface area (Å²) in [5, 5.41) is 10.9. The molecule has 1 aromatic carbocycles. The minimum Gasteiger partial charge on any atom is -0.380 e. The average Bonchev–Trinajstić information content (AvgIpc) is 2.48. The van der Waals surface area contributed by atoms with Crippen molar-refractivity contribution >= 4 is 11.4 Å². The van der Waals surface area contributed by atoms with E-state index in [1.807, 2.05) is 11.9 Å². The molecule has 0 saturated carbocycles. The molecule has 0 aliphatic carbocycles. The molecular weight excluding hydrogens is 272 g/mol. The van der Waals surface area contributed by atoms with Crippen LogP contribution in [0.4, 0.5) is 11.4 Å². The molecule has 7 heteroatoms. The van der Waals surface area contributed by atoms with Crippen LogP contribution in [0.3, 0.4) is 0 Å². The SMILES string of the molecule is COCc1cc([N+](=O)[O-])ccc1N(C)Cc1cnccn1. The lowest BCUT2D eigenvalue weighted by molar-refractivity contribution is -0.384. The second kappa shape index (κ2) is 6.76. The van der Waals surface area contributed by atoms with Crippen molar-refractivity contribution in [3.8, 4) is 0 Å². The minimum absolute atomic E-state index is 0.0544. The molecule has 0 spiro atoms. The predicted molar refractivity (Wildman–Crippen MR) is 77.9 cm³/mol. The zero-order valence-corrected chi connectivity index (χ0v) is 11.9. The predicted octanol–water partition coefficient (Wildman–Crippen LogP) is 2.17. The topological polar surface area (TPSA) is 81.4 Å².